The minimum absolute atomic E-state index is 0.0301. The first-order valence-electron chi connectivity index (χ1n) is 3.76. The van der Waals surface area contributed by atoms with Gasteiger partial charge in [0.2, 0.25) is 0 Å². The van der Waals surface area contributed by atoms with Gasteiger partial charge in [-0.2, -0.15) is 0 Å². The molecule has 12 heavy (non-hydrogen) atoms. The van der Waals surface area contributed by atoms with Gasteiger partial charge < -0.3 is 20.4 Å². The predicted octanol–water partition coefficient (Wildman–Crippen LogP) is -2.00. The number of carbonyl (C=O) groups is 1. The largest absolute Gasteiger partial charge is 0.395 e. The van der Waals surface area contributed by atoms with Gasteiger partial charge in [-0.25, -0.2) is 0 Å². The number of aliphatic hydroxyl groups excluding tert-OH is 2. The molecule has 0 aromatic rings. The lowest BCUT2D eigenvalue weighted by Gasteiger charge is -2.35. The zero-order valence-electron chi connectivity index (χ0n) is 6.47. The van der Waals surface area contributed by atoms with E-state index in [-0.39, 0.29) is 12.8 Å². The van der Waals surface area contributed by atoms with Crippen LogP contribution in [0.5, 0.6) is 0 Å². The molecule has 1 aliphatic carbocycles. The molecule has 1 rings (SSSR count). The van der Waals surface area contributed by atoms with Crippen LogP contribution in [0.25, 0.3) is 0 Å². The Hall–Kier alpha value is -0.490. The van der Waals surface area contributed by atoms with E-state index in [9.17, 15) is 15.0 Å². The maximum Gasteiger partial charge on any atom is 0.174 e. The summed E-state index contributed by atoms with van der Waals surface area (Å²) in [5, 5.41) is 36.1. The van der Waals surface area contributed by atoms with Gasteiger partial charge in [-0.15, -0.1) is 0 Å². The second-order valence-electron chi connectivity index (χ2n) is 3.07. The SMILES string of the molecule is O=C1C(O)CCC(O)(O)C1CO. The highest BCUT2D eigenvalue weighted by molar-refractivity contribution is 5.86. The molecule has 2 unspecified atom stereocenters. The van der Waals surface area contributed by atoms with E-state index in [0.29, 0.717) is 0 Å². The van der Waals surface area contributed by atoms with Crippen molar-refractivity contribution in [1.29, 1.82) is 0 Å². The van der Waals surface area contributed by atoms with Crippen molar-refractivity contribution in [2.45, 2.75) is 24.7 Å². The van der Waals surface area contributed by atoms with Gasteiger partial charge in [-0.1, -0.05) is 0 Å². The molecule has 2 atom stereocenters. The van der Waals surface area contributed by atoms with E-state index >= 15 is 0 Å². The number of carbonyl (C=O) groups excluding carboxylic acids is 1. The van der Waals surface area contributed by atoms with Crippen LogP contribution in [-0.4, -0.2) is 44.7 Å². The van der Waals surface area contributed by atoms with E-state index in [1.165, 1.54) is 0 Å². The smallest absolute Gasteiger partial charge is 0.174 e. The van der Waals surface area contributed by atoms with Gasteiger partial charge in [0.05, 0.1) is 12.5 Å². The molecule has 0 bridgehead atoms. The molecule has 0 heterocycles. The van der Waals surface area contributed by atoms with Crippen LogP contribution in [0, 0.1) is 5.92 Å². The van der Waals surface area contributed by atoms with E-state index in [1.807, 2.05) is 0 Å². The fraction of sp³-hybridized carbons (Fsp3) is 0.857. The van der Waals surface area contributed by atoms with Crippen LogP contribution in [0.4, 0.5) is 0 Å². The lowest BCUT2D eigenvalue weighted by molar-refractivity contribution is -0.227. The Morgan fingerprint density at radius 2 is 2.08 bits per heavy atom. The maximum absolute atomic E-state index is 11.0. The molecule has 1 saturated carbocycles. The molecule has 5 heteroatoms. The van der Waals surface area contributed by atoms with Crippen molar-refractivity contribution in [3.63, 3.8) is 0 Å². The third-order valence-corrected chi connectivity index (χ3v) is 2.20. The van der Waals surface area contributed by atoms with Gasteiger partial charge in [0, 0.05) is 6.42 Å². The summed E-state index contributed by atoms with van der Waals surface area (Å²) >= 11 is 0. The van der Waals surface area contributed by atoms with Gasteiger partial charge in [-0.05, 0) is 6.42 Å². The number of hydrogen-bond donors (Lipinski definition) is 4. The number of ketones is 1. The van der Waals surface area contributed by atoms with E-state index in [0.717, 1.165) is 0 Å². The highest BCUT2D eigenvalue weighted by Crippen LogP contribution is 2.28. The third-order valence-electron chi connectivity index (χ3n) is 2.20. The fourth-order valence-corrected chi connectivity index (χ4v) is 1.36. The molecule has 4 N–H and O–H groups in total. The summed E-state index contributed by atoms with van der Waals surface area (Å²) in [4.78, 5) is 11.0. The van der Waals surface area contributed by atoms with E-state index < -0.39 is 30.2 Å². The summed E-state index contributed by atoms with van der Waals surface area (Å²) in [6.07, 6.45) is -1.23. The number of rotatable bonds is 1. The second kappa shape index (κ2) is 3.10. The first-order chi connectivity index (χ1) is 5.49. The van der Waals surface area contributed by atoms with Crippen molar-refractivity contribution in [3.8, 4) is 0 Å². The molecule has 0 amide bonds. The molecular formula is C7H12O5. The fourth-order valence-electron chi connectivity index (χ4n) is 1.36. The molecule has 0 radical (unpaired) electrons. The average Bonchev–Trinajstić information content (AvgIpc) is 1.99. The minimum Gasteiger partial charge on any atom is -0.395 e. The first kappa shape index (κ1) is 9.60. The van der Waals surface area contributed by atoms with Crippen LogP contribution < -0.4 is 0 Å². The zero-order valence-corrected chi connectivity index (χ0v) is 6.47. The van der Waals surface area contributed by atoms with Crippen LogP contribution in [0.15, 0.2) is 0 Å². The molecule has 0 aromatic heterocycles. The lowest BCUT2D eigenvalue weighted by atomic mass is 9.81. The van der Waals surface area contributed by atoms with Crippen LogP contribution in [0.2, 0.25) is 0 Å². The van der Waals surface area contributed by atoms with Gasteiger partial charge in [0.1, 0.15) is 6.10 Å². The van der Waals surface area contributed by atoms with Crippen LogP contribution in [0.3, 0.4) is 0 Å². The minimum atomic E-state index is -2.16. The summed E-state index contributed by atoms with van der Waals surface area (Å²) in [5.74, 6) is -4.14. The molecule has 0 spiro atoms. The normalized spacial score (nSPS) is 35.2. The third kappa shape index (κ3) is 1.49. The van der Waals surface area contributed by atoms with Gasteiger partial charge in [-0.3, -0.25) is 4.79 Å². The lowest BCUT2D eigenvalue weighted by Crippen LogP contribution is -2.52. The molecule has 0 aromatic carbocycles. The number of aliphatic hydroxyl groups is 4. The molecule has 1 fully saturated rings. The Labute approximate surface area is 69.3 Å². The van der Waals surface area contributed by atoms with Crippen LogP contribution in [-0.2, 0) is 4.79 Å². The maximum atomic E-state index is 11.0. The molecule has 1 aliphatic rings. The topological polar surface area (TPSA) is 98.0 Å². The van der Waals surface area contributed by atoms with Crippen molar-refractivity contribution in [1.82, 2.24) is 0 Å². The van der Waals surface area contributed by atoms with Crippen LogP contribution >= 0.6 is 0 Å². The molecule has 70 valence electrons. The Bertz CT molecular complexity index is 188. The standard InChI is InChI=1S/C7H12O5/c8-3-4-6(10)5(9)1-2-7(4,11)12/h4-5,8-9,11-12H,1-3H2. The van der Waals surface area contributed by atoms with Gasteiger partial charge in [0.15, 0.2) is 11.6 Å². The number of Topliss-reactive ketones (excluding diaryl/α,β-unsaturated/α-hetero) is 1. The monoisotopic (exact) mass is 176 g/mol. The molecular weight excluding hydrogens is 164 g/mol. The summed E-state index contributed by atoms with van der Waals surface area (Å²) in [5.41, 5.74) is 0. The highest BCUT2D eigenvalue weighted by Gasteiger charge is 2.45. The van der Waals surface area contributed by atoms with E-state index in [2.05, 4.69) is 0 Å². The summed E-state index contributed by atoms with van der Waals surface area (Å²) in [7, 11) is 0. The molecule has 0 aliphatic heterocycles. The molecule has 5 nitrogen and oxygen atoms in total. The van der Waals surface area contributed by atoms with Crippen LogP contribution in [0.1, 0.15) is 12.8 Å². The summed E-state index contributed by atoms with van der Waals surface area (Å²) in [6.45, 7) is -0.650. The predicted molar refractivity (Wildman–Crippen MR) is 38.0 cm³/mol. The first-order valence-corrected chi connectivity index (χ1v) is 3.76. The van der Waals surface area contributed by atoms with Crippen molar-refractivity contribution in [2.75, 3.05) is 6.61 Å². The van der Waals surface area contributed by atoms with E-state index in [4.69, 9.17) is 10.2 Å². The average molecular weight is 176 g/mol. The Morgan fingerprint density at radius 1 is 1.50 bits per heavy atom. The van der Waals surface area contributed by atoms with E-state index in [1.54, 1.807) is 0 Å². The van der Waals surface area contributed by atoms with Gasteiger partial charge >= 0.3 is 0 Å². The van der Waals surface area contributed by atoms with Gasteiger partial charge in [0.25, 0.3) is 0 Å². The second-order valence-corrected chi connectivity index (χ2v) is 3.07. The zero-order chi connectivity index (χ0) is 9.35. The van der Waals surface area contributed by atoms with Crippen molar-refractivity contribution in [3.05, 3.63) is 0 Å². The van der Waals surface area contributed by atoms with Crippen molar-refractivity contribution < 1.29 is 25.2 Å². The Morgan fingerprint density at radius 3 is 2.50 bits per heavy atom. The quantitative estimate of drug-likeness (QED) is 0.346. The highest BCUT2D eigenvalue weighted by atomic mass is 16.5. The summed E-state index contributed by atoms with van der Waals surface area (Å²) < 4.78 is 0. The summed E-state index contributed by atoms with van der Waals surface area (Å²) in [6, 6.07) is 0. The van der Waals surface area contributed by atoms with Crippen molar-refractivity contribution in [2.24, 2.45) is 5.92 Å². The van der Waals surface area contributed by atoms with Crippen molar-refractivity contribution >= 4 is 5.78 Å². The molecule has 0 saturated heterocycles. The Balaban J connectivity index is 2.79. The Kier molecular flexibility index (Phi) is 2.48. The number of hydrogen-bond acceptors (Lipinski definition) is 5.